The minimum absolute atomic E-state index is 0.154. The highest BCUT2D eigenvalue weighted by atomic mass is 32.1. The van der Waals surface area contributed by atoms with E-state index in [2.05, 4.69) is 49.4 Å². The molecule has 1 amide bonds. The topological polar surface area (TPSA) is 71.0 Å². The van der Waals surface area contributed by atoms with Gasteiger partial charge in [-0.25, -0.2) is 15.0 Å². The second-order valence-electron chi connectivity index (χ2n) is 7.20. The average Bonchev–Trinajstić information content (AvgIpc) is 3.12. The Balaban J connectivity index is 1.45. The van der Waals surface area contributed by atoms with Crippen LogP contribution in [0.4, 0.5) is 0 Å². The Kier molecular flexibility index (Phi) is 6.59. The molecule has 6 nitrogen and oxygen atoms in total. The van der Waals surface area contributed by atoms with Crippen molar-refractivity contribution in [3.8, 4) is 10.8 Å². The minimum Gasteiger partial charge on any atom is -0.349 e. The number of hydrogen-bond donors (Lipinski definition) is 1. The second kappa shape index (κ2) is 9.71. The number of likely N-dealkylation sites (tertiary alicyclic amines) is 1. The summed E-state index contributed by atoms with van der Waals surface area (Å²) >= 11 is 1.39. The molecule has 0 aliphatic carbocycles. The number of benzene rings is 1. The van der Waals surface area contributed by atoms with Crippen molar-refractivity contribution >= 4 is 17.2 Å². The Morgan fingerprint density at radius 1 is 1.03 bits per heavy atom. The third-order valence-electron chi connectivity index (χ3n) is 5.22. The van der Waals surface area contributed by atoms with Crippen LogP contribution in [-0.2, 0) is 0 Å². The number of nitrogens with zero attached hydrogens (tertiary/aromatic N) is 4. The molecular weight excluding hydrogens is 382 g/mol. The van der Waals surface area contributed by atoms with Crippen molar-refractivity contribution in [2.45, 2.75) is 31.7 Å². The van der Waals surface area contributed by atoms with Crippen LogP contribution in [0.25, 0.3) is 10.8 Å². The van der Waals surface area contributed by atoms with E-state index in [1.807, 2.05) is 6.07 Å². The van der Waals surface area contributed by atoms with Gasteiger partial charge in [0.25, 0.3) is 5.91 Å². The molecular formula is C22H25N5OS. The molecule has 7 heteroatoms. The lowest BCUT2D eigenvalue weighted by Gasteiger charge is -2.31. The zero-order valence-electron chi connectivity index (χ0n) is 16.3. The molecule has 1 aromatic carbocycles. The van der Waals surface area contributed by atoms with E-state index < -0.39 is 0 Å². The SMILES string of the molecule is O=C(NC[C@H](c1ccccc1)N1CCCCCC1)c1csc(-c2ncccn2)n1. The quantitative estimate of drug-likeness (QED) is 0.670. The number of aromatic nitrogens is 3. The monoisotopic (exact) mass is 407 g/mol. The molecule has 0 radical (unpaired) electrons. The van der Waals surface area contributed by atoms with Gasteiger partial charge in [-0.15, -0.1) is 11.3 Å². The van der Waals surface area contributed by atoms with E-state index >= 15 is 0 Å². The van der Waals surface area contributed by atoms with Gasteiger partial charge < -0.3 is 5.32 Å². The molecule has 0 saturated carbocycles. The predicted molar refractivity (Wildman–Crippen MR) is 115 cm³/mol. The number of amides is 1. The lowest BCUT2D eigenvalue weighted by atomic mass is 10.0. The largest absolute Gasteiger partial charge is 0.349 e. The fourth-order valence-corrected chi connectivity index (χ4v) is 4.45. The third kappa shape index (κ3) is 5.05. The molecule has 1 aliphatic rings. The standard InChI is InChI=1S/C22H25N5OS/c28-21(18-16-29-22(26-18)20-23-11-8-12-24-20)25-15-19(17-9-4-3-5-10-17)27-13-6-1-2-7-14-27/h3-5,8-12,16,19H,1-2,6-7,13-15H2,(H,25,28)/t19-/m1/s1. The Labute approximate surface area is 175 Å². The van der Waals surface area contributed by atoms with Crippen molar-refractivity contribution < 1.29 is 4.79 Å². The molecule has 1 fully saturated rings. The Hall–Kier alpha value is -2.64. The molecule has 1 atom stereocenters. The highest BCUT2D eigenvalue weighted by Crippen LogP contribution is 2.24. The summed E-state index contributed by atoms with van der Waals surface area (Å²) in [4.78, 5) is 28.1. The highest BCUT2D eigenvalue weighted by Gasteiger charge is 2.23. The van der Waals surface area contributed by atoms with Crippen molar-refractivity contribution in [3.05, 3.63) is 65.4 Å². The zero-order valence-corrected chi connectivity index (χ0v) is 17.1. The van der Waals surface area contributed by atoms with E-state index in [1.165, 1.54) is 42.6 Å². The first-order valence-corrected chi connectivity index (χ1v) is 11.0. The van der Waals surface area contributed by atoms with Gasteiger partial charge in [-0.1, -0.05) is 43.2 Å². The summed E-state index contributed by atoms with van der Waals surface area (Å²) in [5.41, 5.74) is 1.66. The van der Waals surface area contributed by atoms with Crippen molar-refractivity contribution in [1.29, 1.82) is 0 Å². The average molecular weight is 408 g/mol. The number of carbonyl (C=O) groups is 1. The molecule has 1 aliphatic heterocycles. The Morgan fingerprint density at radius 2 is 1.76 bits per heavy atom. The molecule has 1 N–H and O–H groups in total. The zero-order chi connectivity index (χ0) is 19.9. The van der Waals surface area contributed by atoms with E-state index in [-0.39, 0.29) is 11.9 Å². The van der Waals surface area contributed by atoms with Gasteiger partial charge in [0, 0.05) is 24.3 Å². The smallest absolute Gasteiger partial charge is 0.270 e. The third-order valence-corrected chi connectivity index (χ3v) is 6.05. The van der Waals surface area contributed by atoms with Crippen LogP contribution in [0, 0.1) is 0 Å². The molecule has 3 aromatic rings. The normalized spacial score (nSPS) is 16.1. The maximum atomic E-state index is 12.7. The molecule has 0 bridgehead atoms. The van der Waals surface area contributed by atoms with E-state index in [4.69, 9.17) is 0 Å². The van der Waals surface area contributed by atoms with Crippen LogP contribution in [0.1, 0.15) is 47.8 Å². The number of hydrogen-bond acceptors (Lipinski definition) is 6. The lowest BCUT2D eigenvalue weighted by molar-refractivity contribution is 0.0929. The summed E-state index contributed by atoms with van der Waals surface area (Å²) in [7, 11) is 0. The molecule has 150 valence electrons. The maximum absolute atomic E-state index is 12.7. The fourth-order valence-electron chi connectivity index (χ4n) is 3.71. The lowest BCUT2D eigenvalue weighted by Crippen LogP contribution is -2.38. The molecule has 4 rings (SSSR count). The molecule has 1 saturated heterocycles. The van der Waals surface area contributed by atoms with Gasteiger partial charge in [-0.3, -0.25) is 9.69 Å². The van der Waals surface area contributed by atoms with Crippen LogP contribution >= 0.6 is 11.3 Å². The maximum Gasteiger partial charge on any atom is 0.270 e. The van der Waals surface area contributed by atoms with Gasteiger partial charge in [0.2, 0.25) is 0 Å². The molecule has 3 heterocycles. The Bertz CT molecular complexity index is 907. The van der Waals surface area contributed by atoms with Crippen molar-refractivity contribution in [2.75, 3.05) is 19.6 Å². The minimum atomic E-state index is -0.154. The first-order chi connectivity index (χ1) is 14.3. The molecule has 0 unspecified atom stereocenters. The number of carbonyl (C=O) groups excluding carboxylic acids is 1. The van der Waals surface area contributed by atoms with Crippen LogP contribution in [0.3, 0.4) is 0 Å². The van der Waals surface area contributed by atoms with Gasteiger partial charge in [-0.05, 0) is 37.6 Å². The molecule has 0 spiro atoms. The van der Waals surface area contributed by atoms with Crippen LogP contribution in [-0.4, -0.2) is 45.4 Å². The summed E-state index contributed by atoms with van der Waals surface area (Å²) in [6.07, 6.45) is 8.35. The summed E-state index contributed by atoms with van der Waals surface area (Å²) in [5.74, 6) is 0.391. The van der Waals surface area contributed by atoms with Crippen molar-refractivity contribution in [1.82, 2.24) is 25.2 Å². The van der Waals surface area contributed by atoms with Gasteiger partial charge in [0.1, 0.15) is 5.69 Å². The number of nitrogens with one attached hydrogen (secondary N) is 1. The van der Waals surface area contributed by atoms with Crippen LogP contribution in [0.5, 0.6) is 0 Å². The number of thiazole rings is 1. The first kappa shape index (κ1) is 19.7. The summed E-state index contributed by atoms with van der Waals surface area (Å²) < 4.78 is 0. The summed E-state index contributed by atoms with van der Waals surface area (Å²) in [6, 6.07) is 12.4. The Morgan fingerprint density at radius 3 is 2.48 bits per heavy atom. The fraction of sp³-hybridized carbons (Fsp3) is 0.364. The molecule has 29 heavy (non-hydrogen) atoms. The van der Waals surface area contributed by atoms with Crippen molar-refractivity contribution in [2.24, 2.45) is 0 Å². The van der Waals surface area contributed by atoms with E-state index in [9.17, 15) is 4.79 Å². The van der Waals surface area contributed by atoms with Gasteiger partial charge in [-0.2, -0.15) is 0 Å². The van der Waals surface area contributed by atoms with Gasteiger partial charge in [0.15, 0.2) is 10.8 Å². The first-order valence-electron chi connectivity index (χ1n) is 10.1. The van der Waals surface area contributed by atoms with E-state index in [1.54, 1.807) is 23.8 Å². The number of rotatable bonds is 6. The van der Waals surface area contributed by atoms with Gasteiger partial charge >= 0.3 is 0 Å². The van der Waals surface area contributed by atoms with Crippen LogP contribution < -0.4 is 5.32 Å². The van der Waals surface area contributed by atoms with E-state index in [0.717, 1.165) is 13.1 Å². The van der Waals surface area contributed by atoms with Gasteiger partial charge in [0.05, 0.1) is 6.04 Å². The van der Waals surface area contributed by atoms with Crippen LogP contribution in [0.2, 0.25) is 0 Å². The highest BCUT2D eigenvalue weighted by molar-refractivity contribution is 7.13. The second-order valence-corrected chi connectivity index (χ2v) is 8.06. The predicted octanol–water partition coefficient (Wildman–Crippen LogP) is 3.95. The summed E-state index contributed by atoms with van der Waals surface area (Å²) in [6.45, 7) is 2.71. The van der Waals surface area contributed by atoms with Crippen LogP contribution in [0.15, 0.2) is 54.2 Å². The van der Waals surface area contributed by atoms with E-state index in [0.29, 0.717) is 23.1 Å². The molecule has 2 aromatic heterocycles. The summed E-state index contributed by atoms with van der Waals surface area (Å²) in [5, 5.41) is 5.53. The van der Waals surface area contributed by atoms with Crippen molar-refractivity contribution in [3.63, 3.8) is 0 Å².